The molecule has 2 unspecified atom stereocenters. The van der Waals surface area contributed by atoms with E-state index in [4.69, 9.17) is 14.9 Å². The number of carboxylic acids is 1. The molecule has 6 heteroatoms. The second kappa shape index (κ2) is 8.87. The summed E-state index contributed by atoms with van der Waals surface area (Å²) in [6.45, 7) is 1.26. The first-order chi connectivity index (χ1) is 9.16. The molecule has 19 heavy (non-hydrogen) atoms. The third-order valence-corrected chi connectivity index (χ3v) is 3.42. The van der Waals surface area contributed by atoms with Crippen LogP contribution in [0.3, 0.4) is 0 Å². The minimum atomic E-state index is -0.869. The molecule has 2 atom stereocenters. The quantitative estimate of drug-likeness (QED) is 0.556. The van der Waals surface area contributed by atoms with Gasteiger partial charge in [0.1, 0.15) is 0 Å². The lowest BCUT2D eigenvalue weighted by atomic mass is 9.79. The van der Waals surface area contributed by atoms with Crippen LogP contribution in [-0.4, -0.2) is 48.5 Å². The van der Waals surface area contributed by atoms with E-state index in [0.29, 0.717) is 39.0 Å². The number of rotatable bonds is 8. The molecular formula is C13H23NO5. The van der Waals surface area contributed by atoms with Gasteiger partial charge in [-0.05, 0) is 19.3 Å². The highest BCUT2D eigenvalue weighted by atomic mass is 16.5. The van der Waals surface area contributed by atoms with Gasteiger partial charge in [0.05, 0.1) is 25.0 Å². The number of nitrogens with one attached hydrogen (secondary N) is 1. The topological polar surface area (TPSA) is 95.9 Å². The Kier molecular flexibility index (Phi) is 7.43. The number of hydrogen-bond acceptors (Lipinski definition) is 4. The van der Waals surface area contributed by atoms with Crippen molar-refractivity contribution in [2.75, 3.05) is 26.4 Å². The highest BCUT2D eigenvalue weighted by Crippen LogP contribution is 2.30. The van der Waals surface area contributed by atoms with E-state index in [9.17, 15) is 9.59 Å². The van der Waals surface area contributed by atoms with Crippen molar-refractivity contribution in [1.82, 2.24) is 5.32 Å². The SMILES string of the molecule is O=C(O)C1CCCCC1C(=O)NCCCOCCO. The summed E-state index contributed by atoms with van der Waals surface area (Å²) < 4.78 is 5.07. The molecule has 0 aromatic heterocycles. The number of aliphatic hydroxyl groups excluding tert-OH is 1. The van der Waals surface area contributed by atoms with Crippen LogP contribution in [0, 0.1) is 11.8 Å². The first kappa shape index (κ1) is 15.9. The van der Waals surface area contributed by atoms with E-state index in [1.807, 2.05) is 0 Å². The highest BCUT2D eigenvalue weighted by molar-refractivity contribution is 5.84. The van der Waals surface area contributed by atoms with Gasteiger partial charge in [-0.15, -0.1) is 0 Å². The van der Waals surface area contributed by atoms with Crippen molar-refractivity contribution < 1.29 is 24.5 Å². The lowest BCUT2D eigenvalue weighted by Crippen LogP contribution is -2.40. The number of ether oxygens (including phenoxy) is 1. The van der Waals surface area contributed by atoms with Crippen molar-refractivity contribution in [1.29, 1.82) is 0 Å². The Morgan fingerprint density at radius 1 is 1.16 bits per heavy atom. The third kappa shape index (κ3) is 5.57. The predicted octanol–water partition coefficient (Wildman–Crippen LogP) is 0.393. The monoisotopic (exact) mass is 273 g/mol. The van der Waals surface area contributed by atoms with Crippen LogP contribution in [0.25, 0.3) is 0 Å². The van der Waals surface area contributed by atoms with Gasteiger partial charge in [-0.1, -0.05) is 12.8 Å². The van der Waals surface area contributed by atoms with E-state index >= 15 is 0 Å². The van der Waals surface area contributed by atoms with Crippen LogP contribution in [0.4, 0.5) is 0 Å². The van der Waals surface area contributed by atoms with Crippen molar-refractivity contribution in [3.8, 4) is 0 Å². The number of amides is 1. The Morgan fingerprint density at radius 3 is 2.47 bits per heavy atom. The van der Waals surface area contributed by atoms with Crippen LogP contribution in [-0.2, 0) is 14.3 Å². The highest BCUT2D eigenvalue weighted by Gasteiger charge is 2.35. The Hall–Kier alpha value is -1.14. The minimum Gasteiger partial charge on any atom is -0.481 e. The van der Waals surface area contributed by atoms with E-state index in [1.165, 1.54) is 0 Å². The standard InChI is InChI=1S/C13H23NO5/c15-7-9-19-8-3-6-14-12(16)10-4-1-2-5-11(10)13(17)18/h10-11,15H,1-9H2,(H,14,16)(H,17,18). The summed E-state index contributed by atoms with van der Waals surface area (Å²) in [7, 11) is 0. The van der Waals surface area contributed by atoms with Gasteiger partial charge in [0.15, 0.2) is 0 Å². The third-order valence-electron chi connectivity index (χ3n) is 3.42. The molecule has 0 aromatic carbocycles. The summed E-state index contributed by atoms with van der Waals surface area (Å²) in [5.41, 5.74) is 0. The zero-order valence-electron chi connectivity index (χ0n) is 11.1. The molecule has 110 valence electrons. The maximum atomic E-state index is 11.9. The molecule has 0 radical (unpaired) electrons. The smallest absolute Gasteiger partial charge is 0.307 e. The molecule has 0 aliphatic heterocycles. The molecule has 0 heterocycles. The number of carbonyl (C=O) groups excluding carboxylic acids is 1. The van der Waals surface area contributed by atoms with E-state index in [1.54, 1.807) is 0 Å². The second-order valence-electron chi connectivity index (χ2n) is 4.82. The Morgan fingerprint density at radius 2 is 1.84 bits per heavy atom. The molecule has 0 bridgehead atoms. The number of hydrogen-bond donors (Lipinski definition) is 3. The van der Waals surface area contributed by atoms with Gasteiger partial charge in [0.2, 0.25) is 5.91 Å². The molecule has 0 spiro atoms. The summed E-state index contributed by atoms with van der Waals surface area (Å²) in [5.74, 6) is -1.97. The lowest BCUT2D eigenvalue weighted by molar-refractivity contribution is -0.148. The lowest BCUT2D eigenvalue weighted by Gasteiger charge is -2.27. The maximum absolute atomic E-state index is 11.9. The van der Waals surface area contributed by atoms with Crippen molar-refractivity contribution in [2.45, 2.75) is 32.1 Å². The molecule has 1 saturated carbocycles. The molecular weight excluding hydrogens is 250 g/mol. The average molecular weight is 273 g/mol. The van der Waals surface area contributed by atoms with Gasteiger partial charge in [0, 0.05) is 13.2 Å². The average Bonchev–Trinajstić information content (AvgIpc) is 2.42. The number of carbonyl (C=O) groups is 2. The molecule has 0 saturated heterocycles. The molecule has 6 nitrogen and oxygen atoms in total. The van der Waals surface area contributed by atoms with E-state index in [-0.39, 0.29) is 12.5 Å². The first-order valence-electron chi connectivity index (χ1n) is 6.86. The fraction of sp³-hybridized carbons (Fsp3) is 0.846. The van der Waals surface area contributed by atoms with Crippen LogP contribution in [0.5, 0.6) is 0 Å². The molecule has 1 amide bonds. The number of carboxylic acid groups (broad SMARTS) is 1. The molecule has 1 rings (SSSR count). The fourth-order valence-electron chi connectivity index (χ4n) is 2.42. The summed E-state index contributed by atoms with van der Waals surface area (Å²) in [6, 6.07) is 0. The van der Waals surface area contributed by atoms with Crippen LogP contribution in [0.15, 0.2) is 0 Å². The van der Waals surface area contributed by atoms with E-state index in [0.717, 1.165) is 12.8 Å². The summed E-state index contributed by atoms with van der Waals surface area (Å²) in [6.07, 6.45) is 3.71. The fourth-order valence-corrected chi connectivity index (χ4v) is 2.42. The van der Waals surface area contributed by atoms with Crippen LogP contribution < -0.4 is 5.32 Å². The largest absolute Gasteiger partial charge is 0.481 e. The zero-order chi connectivity index (χ0) is 14.1. The van der Waals surface area contributed by atoms with E-state index in [2.05, 4.69) is 5.32 Å². The van der Waals surface area contributed by atoms with Crippen LogP contribution in [0.2, 0.25) is 0 Å². The summed E-state index contributed by atoms with van der Waals surface area (Å²) in [4.78, 5) is 23.0. The molecule has 1 fully saturated rings. The van der Waals surface area contributed by atoms with Gasteiger partial charge in [-0.2, -0.15) is 0 Å². The Balaban J connectivity index is 2.25. The molecule has 1 aliphatic rings. The van der Waals surface area contributed by atoms with Gasteiger partial charge in [-0.3, -0.25) is 9.59 Å². The zero-order valence-corrected chi connectivity index (χ0v) is 11.1. The number of aliphatic hydroxyl groups is 1. The normalized spacial score (nSPS) is 23.0. The van der Waals surface area contributed by atoms with E-state index < -0.39 is 17.8 Å². The number of aliphatic carboxylic acids is 1. The van der Waals surface area contributed by atoms with Gasteiger partial charge >= 0.3 is 5.97 Å². The van der Waals surface area contributed by atoms with Crippen molar-refractivity contribution >= 4 is 11.9 Å². The second-order valence-corrected chi connectivity index (χ2v) is 4.82. The molecule has 3 N–H and O–H groups in total. The maximum Gasteiger partial charge on any atom is 0.307 e. The van der Waals surface area contributed by atoms with Gasteiger partial charge in [0.25, 0.3) is 0 Å². The van der Waals surface area contributed by atoms with Crippen molar-refractivity contribution in [2.24, 2.45) is 11.8 Å². The summed E-state index contributed by atoms with van der Waals surface area (Å²) in [5, 5.41) is 20.4. The van der Waals surface area contributed by atoms with Gasteiger partial charge in [-0.25, -0.2) is 0 Å². The molecule has 0 aromatic rings. The van der Waals surface area contributed by atoms with Gasteiger partial charge < -0.3 is 20.3 Å². The summed E-state index contributed by atoms with van der Waals surface area (Å²) >= 11 is 0. The Bertz CT molecular complexity index is 295. The molecule has 1 aliphatic carbocycles. The van der Waals surface area contributed by atoms with Crippen molar-refractivity contribution in [3.05, 3.63) is 0 Å². The first-order valence-corrected chi connectivity index (χ1v) is 6.86. The van der Waals surface area contributed by atoms with Crippen molar-refractivity contribution in [3.63, 3.8) is 0 Å². The van der Waals surface area contributed by atoms with Crippen LogP contribution in [0.1, 0.15) is 32.1 Å². The van der Waals surface area contributed by atoms with Crippen LogP contribution >= 0.6 is 0 Å². The predicted molar refractivity (Wildman–Crippen MR) is 68.6 cm³/mol. The minimum absolute atomic E-state index is 0.00523. The Labute approximate surface area is 113 Å².